The molecule has 0 aromatic heterocycles. The molecule has 0 aliphatic carbocycles. The summed E-state index contributed by atoms with van der Waals surface area (Å²) in [6.07, 6.45) is 0. The summed E-state index contributed by atoms with van der Waals surface area (Å²) in [5.74, 6) is -0.429. The van der Waals surface area contributed by atoms with Crippen LogP contribution in [0.1, 0.15) is 25.0 Å². The van der Waals surface area contributed by atoms with Crippen molar-refractivity contribution in [2.75, 3.05) is 17.5 Å². The number of hydrazone groups is 1. The number of carbonyl (C=O) groups excluding carboxylic acids is 1. The number of hydrogen-bond donors (Lipinski definition) is 1. The van der Waals surface area contributed by atoms with Gasteiger partial charge in [0.15, 0.2) is 0 Å². The highest BCUT2D eigenvalue weighted by molar-refractivity contribution is 7.92. The molecule has 7 nitrogen and oxygen atoms in total. The number of rotatable bonds is 9. The minimum atomic E-state index is -4.05. The highest BCUT2D eigenvalue weighted by Gasteiger charge is 2.27. The second-order valence-corrected chi connectivity index (χ2v) is 9.35. The summed E-state index contributed by atoms with van der Waals surface area (Å²) in [5, 5.41) is 4.03. The van der Waals surface area contributed by atoms with E-state index >= 15 is 0 Å². The van der Waals surface area contributed by atoms with Crippen LogP contribution in [0, 0.1) is 12.7 Å². The molecule has 0 saturated carbocycles. The first-order chi connectivity index (χ1) is 16.2. The van der Waals surface area contributed by atoms with Crippen molar-refractivity contribution in [3.05, 3.63) is 89.7 Å². The summed E-state index contributed by atoms with van der Waals surface area (Å²) in [4.78, 5) is 12.8. The van der Waals surface area contributed by atoms with Crippen molar-refractivity contribution in [2.45, 2.75) is 25.7 Å². The lowest BCUT2D eigenvalue weighted by atomic mass is 10.1. The van der Waals surface area contributed by atoms with E-state index < -0.39 is 22.5 Å². The van der Waals surface area contributed by atoms with Crippen molar-refractivity contribution in [3.63, 3.8) is 0 Å². The van der Waals surface area contributed by atoms with Crippen molar-refractivity contribution in [1.82, 2.24) is 5.43 Å². The number of hydrogen-bond acceptors (Lipinski definition) is 5. The predicted molar refractivity (Wildman–Crippen MR) is 130 cm³/mol. The molecule has 0 atom stereocenters. The molecule has 3 aromatic carbocycles. The lowest BCUT2D eigenvalue weighted by Gasteiger charge is -2.24. The van der Waals surface area contributed by atoms with Gasteiger partial charge in [0.1, 0.15) is 18.1 Å². The van der Waals surface area contributed by atoms with E-state index in [0.29, 0.717) is 29.3 Å². The van der Waals surface area contributed by atoms with Gasteiger partial charge in [-0.2, -0.15) is 5.10 Å². The maximum Gasteiger partial charge on any atom is 0.264 e. The largest absolute Gasteiger partial charge is 0.494 e. The Morgan fingerprint density at radius 1 is 1.00 bits per heavy atom. The Labute approximate surface area is 198 Å². The first-order valence-electron chi connectivity index (χ1n) is 10.6. The van der Waals surface area contributed by atoms with Crippen LogP contribution in [-0.4, -0.2) is 33.2 Å². The minimum absolute atomic E-state index is 0.0609. The summed E-state index contributed by atoms with van der Waals surface area (Å²) < 4.78 is 46.4. The Kier molecular flexibility index (Phi) is 8.01. The molecule has 0 fully saturated rings. The van der Waals surface area contributed by atoms with Crippen LogP contribution in [0.5, 0.6) is 5.75 Å². The maximum atomic E-state index is 13.4. The molecule has 0 unspecified atom stereocenters. The lowest BCUT2D eigenvalue weighted by molar-refractivity contribution is -0.119. The molecule has 9 heteroatoms. The first-order valence-corrected chi connectivity index (χ1v) is 12.1. The maximum absolute atomic E-state index is 13.4. The average Bonchev–Trinajstić information content (AvgIpc) is 2.82. The van der Waals surface area contributed by atoms with Crippen molar-refractivity contribution in [3.8, 4) is 5.75 Å². The molecule has 34 heavy (non-hydrogen) atoms. The molecule has 3 rings (SSSR count). The van der Waals surface area contributed by atoms with Gasteiger partial charge in [0, 0.05) is 0 Å². The molecule has 1 amide bonds. The van der Waals surface area contributed by atoms with Crippen molar-refractivity contribution in [2.24, 2.45) is 5.10 Å². The fourth-order valence-corrected chi connectivity index (χ4v) is 4.52. The van der Waals surface area contributed by atoms with Gasteiger partial charge in [0.05, 0.1) is 22.9 Å². The zero-order valence-electron chi connectivity index (χ0n) is 19.2. The van der Waals surface area contributed by atoms with E-state index in [4.69, 9.17) is 4.74 Å². The van der Waals surface area contributed by atoms with E-state index in [1.54, 1.807) is 43.3 Å². The number of halogens is 1. The monoisotopic (exact) mass is 483 g/mol. The van der Waals surface area contributed by atoms with E-state index in [-0.39, 0.29) is 10.7 Å². The smallest absolute Gasteiger partial charge is 0.264 e. The van der Waals surface area contributed by atoms with Crippen LogP contribution in [0.3, 0.4) is 0 Å². The van der Waals surface area contributed by atoms with Crippen molar-refractivity contribution >= 4 is 27.3 Å². The van der Waals surface area contributed by atoms with Gasteiger partial charge in [0.25, 0.3) is 15.9 Å². The number of amides is 1. The number of nitrogens with one attached hydrogen (secondary N) is 1. The Bertz CT molecular complexity index is 1260. The topological polar surface area (TPSA) is 88.1 Å². The third-order valence-electron chi connectivity index (χ3n) is 4.94. The molecule has 178 valence electrons. The highest BCUT2D eigenvalue weighted by atomic mass is 32.2. The first kappa shape index (κ1) is 24.9. The van der Waals surface area contributed by atoms with Crippen LogP contribution in [0.2, 0.25) is 0 Å². The summed E-state index contributed by atoms with van der Waals surface area (Å²) in [5.41, 5.74) is 4.67. The third-order valence-corrected chi connectivity index (χ3v) is 6.73. The van der Waals surface area contributed by atoms with E-state index in [1.807, 2.05) is 13.8 Å². The normalized spacial score (nSPS) is 11.7. The molecule has 0 bridgehead atoms. The molecule has 0 radical (unpaired) electrons. The standard InChI is InChI=1S/C25H26FN3O4S/c1-4-33-23-13-11-22(12-14-23)29(34(31,32)24-15-5-18(2)6-16-24)17-25(30)28-27-19(3)20-7-9-21(26)10-8-20/h5-16H,4,17H2,1-3H3,(H,28,30)/b27-19-. The van der Waals surface area contributed by atoms with Gasteiger partial charge in [-0.05, 0) is 74.9 Å². The molecular formula is C25H26FN3O4S. The van der Waals surface area contributed by atoms with Crippen LogP contribution < -0.4 is 14.5 Å². The third kappa shape index (κ3) is 6.20. The number of anilines is 1. The molecular weight excluding hydrogens is 457 g/mol. The SMILES string of the molecule is CCOc1ccc(N(CC(=O)N/N=C(/C)c2ccc(F)cc2)S(=O)(=O)c2ccc(C)cc2)cc1. The number of sulfonamides is 1. The summed E-state index contributed by atoms with van der Waals surface area (Å²) in [6, 6.07) is 18.5. The zero-order valence-corrected chi connectivity index (χ0v) is 20.0. The van der Waals surface area contributed by atoms with E-state index in [0.717, 1.165) is 9.87 Å². The molecule has 0 aliphatic rings. The number of nitrogens with zero attached hydrogens (tertiary/aromatic N) is 2. The van der Waals surface area contributed by atoms with Gasteiger partial charge in [-0.3, -0.25) is 9.10 Å². The van der Waals surface area contributed by atoms with Gasteiger partial charge < -0.3 is 4.74 Å². The number of aryl methyl sites for hydroxylation is 1. The van der Waals surface area contributed by atoms with E-state index in [2.05, 4.69) is 10.5 Å². The second-order valence-electron chi connectivity index (χ2n) is 7.49. The molecule has 0 heterocycles. The lowest BCUT2D eigenvalue weighted by Crippen LogP contribution is -2.39. The van der Waals surface area contributed by atoms with Gasteiger partial charge >= 0.3 is 0 Å². The second kappa shape index (κ2) is 10.9. The molecule has 1 N–H and O–H groups in total. The fraction of sp³-hybridized carbons (Fsp3) is 0.200. The minimum Gasteiger partial charge on any atom is -0.494 e. The fourth-order valence-electron chi connectivity index (χ4n) is 3.10. The molecule has 0 saturated heterocycles. The highest BCUT2D eigenvalue weighted by Crippen LogP contribution is 2.26. The average molecular weight is 484 g/mol. The Balaban J connectivity index is 1.87. The van der Waals surface area contributed by atoms with Gasteiger partial charge in [0.2, 0.25) is 0 Å². The number of carbonyl (C=O) groups is 1. The Morgan fingerprint density at radius 2 is 1.62 bits per heavy atom. The van der Waals surface area contributed by atoms with Gasteiger partial charge in [-0.25, -0.2) is 18.2 Å². The van der Waals surface area contributed by atoms with Crippen LogP contribution in [-0.2, 0) is 14.8 Å². The van der Waals surface area contributed by atoms with E-state index in [9.17, 15) is 17.6 Å². The van der Waals surface area contributed by atoms with Gasteiger partial charge in [-0.15, -0.1) is 0 Å². The van der Waals surface area contributed by atoms with Crippen LogP contribution in [0.25, 0.3) is 0 Å². The van der Waals surface area contributed by atoms with Crippen LogP contribution in [0.15, 0.2) is 82.8 Å². The van der Waals surface area contributed by atoms with Crippen LogP contribution in [0.4, 0.5) is 10.1 Å². The summed E-state index contributed by atoms with van der Waals surface area (Å²) in [6.45, 7) is 5.33. The quantitative estimate of drug-likeness (QED) is 0.364. The number of ether oxygens (including phenoxy) is 1. The summed E-state index contributed by atoms with van der Waals surface area (Å²) >= 11 is 0. The van der Waals surface area contributed by atoms with Crippen molar-refractivity contribution in [1.29, 1.82) is 0 Å². The Morgan fingerprint density at radius 3 is 2.21 bits per heavy atom. The summed E-state index contributed by atoms with van der Waals surface area (Å²) in [7, 11) is -4.05. The molecule has 0 aliphatic heterocycles. The van der Waals surface area contributed by atoms with Crippen LogP contribution >= 0.6 is 0 Å². The molecule has 3 aromatic rings. The molecule has 0 spiro atoms. The van der Waals surface area contributed by atoms with E-state index in [1.165, 1.54) is 36.4 Å². The Hall–Kier alpha value is -3.72. The van der Waals surface area contributed by atoms with Gasteiger partial charge in [-0.1, -0.05) is 29.8 Å². The van der Waals surface area contributed by atoms with Crippen molar-refractivity contribution < 1.29 is 22.3 Å². The zero-order chi connectivity index (χ0) is 24.7. The predicted octanol–water partition coefficient (Wildman–Crippen LogP) is 4.27. The number of benzene rings is 3.